The van der Waals surface area contributed by atoms with Crippen LogP contribution in [0.25, 0.3) is 5.52 Å². The van der Waals surface area contributed by atoms with Crippen molar-refractivity contribution < 1.29 is 47.6 Å². The quantitative estimate of drug-likeness (QED) is 0.170. The van der Waals surface area contributed by atoms with Gasteiger partial charge in [0.1, 0.15) is 54.2 Å². The van der Waals surface area contributed by atoms with Crippen molar-refractivity contribution in [3.05, 3.63) is 54.5 Å². The Morgan fingerprint density at radius 3 is 2.60 bits per heavy atom. The Kier molecular flexibility index (Phi) is 10.2. The smallest absolute Gasteiger partial charge is 0.459 e. The third kappa shape index (κ3) is 7.35. The number of hydrogen-bond acceptors (Lipinski definition) is 10. The number of aliphatic hydroxyl groups is 2. The number of halogens is 1. The molecular formula is C29H37FN5O9P. The van der Waals surface area contributed by atoms with E-state index in [4.69, 9.17) is 13.8 Å². The topological polar surface area (TPSA) is 194 Å². The molecule has 1 saturated heterocycles. The molecule has 0 spiro atoms. The number of nitrogens with one attached hydrogen (secondary N) is 2. The molecule has 2 fully saturated rings. The number of fused-ring (bicyclic) bond motifs is 1. The SMILES string of the molecule is CC(N[P@](=O)(OC[C@@]1(CF)O[C@@H](c2ccc3c(NC(=O)CC4CCCCC4)ncnn23)[C@H](O)[C@@H]1O)Oc1ccccc1)C(=O)O. The summed E-state index contributed by atoms with van der Waals surface area (Å²) in [6, 6.07) is 9.52. The number of aliphatic hydroxyl groups excluding tert-OH is 2. The van der Waals surface area contributed by atoms with Gasteiger partial charge in [-0.25, -0.2) is 18.5 Å². The summed E-state index contributed by atoms with van der Waals surface area (Å²) < 4.78 is 46.5. The fraction of sp³-hybridized carbons (Fsp3) is 0.517. The van der Waals surface area contributed by atoms with Crippen LogP contribution in [0, 0.1) is 5.92 Å². The number of benzene rings is 1. The second kappa shape index (κ2) is 13.9. The minimum Gasteiger partial charge on any atom is -0.480 e. The highest BCUT2D eigenvalue weighted by Gasteiger charge is 2.57. The predicted molar refractivity (Wildman–Crippen MR) is 158 cm³/mol. The molecule has 5 N–H and O–H groups in total. The second-order valence-corrected chi connectivity index (χ2v) is 13.2. The van der Waals surface area contributed by atoms with Crippen LogP contribution >= 0.6 is 7.75 Å². The summed E-state index contributed by atoms with van der Waals surface area (Å²) in [5.41, 5.74) is -1.61. The third-order valence-corrected chi connectivity index (χ3v) is 9.78. The van der Waals surface area contributed by atoms with Crippen molar-refractivity contribution in [2.45, 2.75) is 75.4 Å². The Morgan fingerprint density at radius 2 is 1.91 bits per heavy atom. The van der Waals surface area contributed by atoms with Gasteiger partial charge in [-0.05, 0) is 49.9 Å². The molecule has 1 saturated carbocycles. The molecule has 0 bridgehead atoms. The lowest BCUT2D eigenvalue weighted by molar-refractivity contribution is -0.138. The number of aromatic nitrogens is 3. The van der Waals surface area contributed by atoms with E-state index < -0.39 is 57.0 Å². The van der Waals surface area contributed by atoms with Gasteiger partial charge in [-0.1, -0.05) is 37.5 Å². The number of carboxylic acid groups (broad SMARTS) is 1. The van der Waals surface area contributed by atoms with Crippen LogP contribution in [0.2, 0.25) is 0 Å². The van der Waals surface area contributed by atoms with Crippen LogP contribution in [0.1, 0.15) is 57.2 Å². The highest BCUT2D eigenvalue weighted by Crippen LogP contribution is 2.48. The van der Waals surface area contributed by atoms with Gasteiger partial charge in [0.15, 0.2) is 5.82 Å². The molecule has 45 heavy (non-hydrogen) atoms. The van der Waals surface area contributed by atoms with Crippen molar-refractivity contribution in [1.29, 1.82) is 0 Å². The standard InChI is InChI=1S/C29H37FN5O9P/c1-18(28(39)40)34-45(41,44-20-10-6-3-7-11-20)42-16-29(15-30)26(38)24(37)25(43-29)21-12-13-22-27(31-17-32-35(21)22)33-23(36)14-19-8-4-2-5-9-19/h3,6-7,10-13,17-19,24-26,37-38H,2,4-5,8-9,14-16H2,1H3,(H,34,41)(H,39,40)(H,31,32,33,36)/t18?,24-,25-,26-,29+,45-/m0/s1. The summed E-state index contributed by atoms with van der Waals surface area (Å²) in [5.74, 6) is -0.904. The number of aliphatic carboxylic acids is 1. The lowest BCUT2D eigenvalue weighted by atomic mass is 9.87. The van der Waals surface area contributed by atoms with E-state index in [0.717, 1.165) is 25.7 Å². The molecule has 0 radical (unpaired) electrons. The van der Waals surface area contributed by atoms with Crippen LogP contribution in [0.15, 0.2) is 48.8 Å². The molecule has 1 unspecified atom stereocenters. The minimum atomic E-state index is -4.49. The first-order valence-corrected chi connectivity index (χ1v) is 16.3. The first-order chi connectivity index (χ1) is 21.5. The predicted octanol–water partition coefficient (Wildman–Crippen LogP) is 3.41. The minimum absolute atomic E-state index is 0.0759. The zero-order chi connectivity index (χ0) is 32.2. The number of amides is 1. The summed E-state index contributed by atoms with van der Waals surface area (Å²) in [4.78, 5) is 28.4. The maximum atomic E-state index is 14.7. The fourth-order valence-electron chi connectivity index (χ4n) is 5.67. The average Bonchev–Trinajstić information content (AvgIpc) is 3.56. The Labute approximate surface area is 258 Å². The molecule has 1 aliphatic heterocycles. The highest BCUT2D eigenvalue weighted by atomic mass is 31.2. The lowest BCUT2D eigenvalue weighted by Crippen LogP contribution is -2.49. The highest BCUT2D eigenvalue weighted by molar-refractivity contribution is 7.52. The first-order valence-electron chi connectivity index (χ1n) is 14.8. The van der Waals surface area contributed by atoms with Crippen LogP contribution < -0.4 is 14.9 Å². The zero-order valence-electron chi connectivity index (χ0n) is 24.6. The molecule has 1 aromatic carbocycles. The van der Waals surface area contributed by atoms with Gasteiger partial charge < -0.3 is 29.9 Å². The number of ether oxygens (including phenoxy) is 1. The number of alkyl halides is 1. The van der Waals surface area contributed by atoms with Crippen molar-refractivity contribution in [2.75, 3.05) is 18.6 Å². The Hall–Kier alpha value is -3.46. The molecule has 2 aliphatic rings. The molecule has 3 heterocycles. The molecule has 1 amide bonds. The van der Waals surface area contributed by atoms with E-state index in [-0.39, 0.29) is 23.2 Å². The molecule has 6 atom stereocenters. The molecule has 14 nitrogen and oxygen atoms in total. The van der Waals surface area contributed by atoms with Gasteiger partial charge in [-0.15, -0.1) is 0 Å². The van der Waals surface area contributed by atoms with Crippen molar-refractivity contribution in [1.82, 2.24) is 19.7 Å². The summed E-state index contributed by atoms with van der Waals surface area (Å²) in [6.45, 7) is -1.05. The van der Waals surface area contributed by atoms with Gasteiger partial charge in [0.05, 0.1) is 12.3 Å². The van der Waals surface area contributed by atoms with Gasteiger partial charge in [0, 0.05) is 6.42 Å². The summed E-state index contributed by atoms with van der Waals surface area (Å²) in [6.07, 6.45) is 2.11. The average molecular weight is 650 g/mol. The number of nitrogens with zero attached hydrogens (tertiary/aromatic N) is 3. The van der Waals surface area contributed by atoms with E-state index in [0.29, 0.717) is 17.9 Å². The number of anilines is 1. The van der Waals surface area contributed by atoms with Crippen molar-refractivity contribution in [3.63, 3.8) is 0 Å². The van der Waals surface area contributed by atoms with Crippen LogP contribution in [-0.4, -0.2) is 78.9 Å². The first kappa shape index (κ1) is 32.9. The van der Waals surface area contributed by atoms with E-state index >= 15 is 0 Å². The van der Waals surface area contributed by atoms with Crippen LogP contribution in [0.5, 0.6) is 5.75 Å². The number of carbonyl (C=O) groups excluding carboxylic acids is 1. The van der Waals surface area contributed by atoms with Crippen LogP contribution in [0.3, 0.4) is 0 Å². The maximum Gasteiger partial charge on any atom is 0.459 e. The summed E-state index contributed by atoms with van der Waals surface area (Å²) >= 11 is 0. The van der Waals surface area contributed by atoms with Gasteiger partial charge in [0.25, 0.3) is 0 Å². The van der Waals surface area contributed by atoms with Crippen LogP contribution in [0.4, 0.5) is 10.2 Å². The number of hydrogen-bond donors (Lipinski definition) is 5. The Morgan fingerprint density at radius 1 is 1.18 bits per heavy atom. The number of carboxylic acids is 1. The van der Waals surface area contributed by atoms with Crippen LogP contribution in [-0.2, 0) is 23.4 Å². The van der Waals surface area contributed by atoms with Crippen molar-refractivity contribution in [3.8, 4) is 5.75 Å². The largest absolute Gasteiger partial charge is 0.480 e. The van der Waals surface area contributed by atoms with Gasteiger partial charge >= 0.3 is 13.7 Å². The molecule has 1 aliphatic carbocycles. The van der Waals surface area contributed by atoms with Gasteiger partial charge in [-0.2, -0.15) is 10.2 Å². The summed E-state index contributed by atoms with van der Waals surface area (Å²) in [5, 5.41) is 40.7. The molecule has 16 heteroatoms. The number of rotatable bonds is 13. The van der Waals surface area contributed by atoms with Crippen molar-refractivity contribution in [2.24, 2.45) is 5.92 Å². The fourth-order valence-corrected chi connectivity index (χ4v) is 7.22. The zero-order valence-corrected chi connectivity index (χ0v) is 25.5. The van der Waals surface area contributed by atoms with E-state index in [9.17, 15) is 33.9 Å². The van der Waals surface area contributed by atoms with E-state index in [2.05, 4.69) is 20.5 Å². The second-order valence-electron chi connectivity index (χ2n) is 11.5. The molecular weight excluding hydrogens is 612 g/mol. The molecule has 244 valence electrons. The van der Waals surface area contributed by atoms with E-state index in [1.54, 1.807) is 24.3 Å². The van der Waals surface area contributed by atoms with Gasteiger partial charge in [-0.3, -0.25) is 14.1 Å². The maximum absolute atomic E-state index is 14.7. The van der Waals surface area contributed by atoms with E-state index in [1.165, 1.54) is 42.4 Å². The molecule has 5 rings (SSSR count). The summed E-state index contributed by atoms with van der Waals surface area (Å²) in [7, 11) is -4.49. The molecule has 2 aromatic heterocycles. The third-order valence-electron chi connectivity index (χ3n) is 8.16. The molecule has 3 aromatic rings. The normalized spacial score (nSPS) is 25.9. The Balaban J connectivity index is 1.34. The van der Waals surface area contributed by atoms with Gasteiger partial charge in [0.2, 0.25) is 5.91 Å². The number of carbonyl (C=O) groups is 2. The van der Waals surface area contributed by atoms with E-state index in [1.807, 2.05) is 0 Å². The number of para-hydroxylation sites is 1. The monoisotopic (exact) mass is 649 g/mol. The van der Waals surface area contributed by atoms with Crippen molar-refractivity contribution >= 4 is 31.0 Å². The lowest BCUT2D eigenvalue weighted by Gasteiger charge is -2.31. The Bertz CT molecular complexity index is 1540.